The Kier molecular flexibility index (Phi) is 9.76. The summed E-state index contributed by atoms with van der Waals surface area (Å²) in [6.45, 7) is 7.70. The molecule has 0 N–H and O–H groups in total. The van der Waals surface area contributed by atoms with Gasteiger partial charge in [0.2, 0.25) is 5.91 Å². The van der Waals surface area contributed by atoms with Gasteiger partial charge in [-0.25, -0.2) is 0 Å². The van der Waals surface area contributed by atoms with Gasteiger partial charge in [0.1, 0.15) is 12.4 Å². The number of para-hydroxylation sites is 1. The Labute approximate surface area is 215 Å². The van der Waals surface area contributed by atoms with Crippen LogP contribution < -0.4 is 4.74 Å². The number of carbonyl (C=O) groups excluding carboxylic acids is 2. The molecule has 2 heterocycles. The second-order valence-corrected chi connectivity index (χ2v) is 9.57. The van der Waals surface area contributed by atoms with Gasteiger partial charge >= 0.3 is 0 Å². The van der Waals surface area contributed by atoms with Crippen molar-refractivity contribution in [2.24, 2.45) is 0 Å². The number of hydrogen-bond donors (Lipinski definition) is 0. The molecule has 1 atom stereocenters. The lowest BCUT2D eigenvalue weighted by molar-refractivity contribution is -0.136. The van der Waals surface area contributed by atoms with E-state index in [1.54, 1.807) is 0 Å². The Balaban J connectivity index is 1.61. The number of hydrogen-bond acceptors (Lipinski definition) is 5. The summed E-state index contributed by atoms with van der Waals surface area (Å²) in [6, 6.07) is 17.6. The molecule has 0 saturated carbocycles. The summed E-state index contributed by atoms with van der Waals surface area (Å²) in [5.74, 6) is 0.724. The first-order valence-corrected chi connectivity index (χ1v) is 13.3. The zero-order valence-electron chi connectivity index (χ0n) is 21.4. The molecule has 0 bridgehead atoms. The number of carbonyl (C=O) groups is 2. The smallest absolute Gasteiger partial charge is 0.257 e. The Morgan fingerprint density at radius 2 is 1.64 bits per heavy atom. The van der Waals surface area contributed by atoms with Crippen LogP contribution in [-0.2, 0) is 16.0 Å². The van der Waals surface area contributed by atoms with Gasteiger partial charge in [-0.3, -0.25) is 14.5 Å². The van der Waals surface area contributed by atoms with E-state index in [4.69, 9.17) is 9.47 Å². The second-order valence-electron chi connectivity index (χ2n) is 9.57. The second kappa shape index (κ2) is 13.4. The van der Waals surface area contributed by atoms with Crippen LogP contribution in [0.5, 0.6) is 5.75 Å². The third-order valence-electron chi connectivity index (χ3n) is 7.08. The van der Waals surface area contributed by atoms with Crippen LogP contribution in [0.15, 0.2) is 54.6 Å². The predicted octanol–water partition coefficient (Wildman–Crippen LogP) is 3.48. The highest BCUT2D eigenvalue weighted by Gasteiger charge is 2.28. The van der Waals surface area contributed by atoms with Gasteiger partial charge in [-0.15, -0.1) is 0 Å². The average molecular weight is 494 g/mol. The molecule has 0 radical (unpaired) electrons. The minimum Gasteiger partial charge on any atom is -0.491 e. The number of morpholine rings is 1. The fourth-order valence-electron chi connectivity index (χ4n) is 4.99. The quantitative estimate of drug-likeness (QED) is 0.638. The fraction of sp³-hybridized carbons (Fsp3) is 0.517. The van der Waals surface area contributed by atoms with Crippen molar-refractivity contribution in [2.75, 3.05) is 59.1 Å². The highest BCUT2D eigenvalue weighted by atomic mass is 16.5. The summed E-state index contributed by atoms with van der Waals surface area (Å²) in [5, 5.41) is 0. The van der Waals surface area contributed by atoms with E-state index < -0.39 is 0 Å². The molecular weight excluding hydrogens is 454 g/mol. The van der Waals surface area contributed by atoms with E-state index in [-0.39, 0.29) is 17.9 Å². The molecule has 2 aromatic rings. The summed E-state index contributed by atoms with van der Waals surface area (Å²) in [7, 11) is 0. The summed E-state index contributed by atoms with van der Waals surface area (Å²) in [5.41, 5.74) is 1.75. The van der Waals surface area contributed by atoms with E-state index in [2.05, 4.69) is 17.0 Å². The fourth-order valence-corrected chi connectivity index (χ4v) is 4.99. The van der Waals surface area contributed by atoms with E-state index in [1.807, 2.05) is 59.2 Å². The molecule has 1 fully saturated rings. The van der Waals surface area contributed by atoms with E-state index >= 15 is 0 Å². The summed E-state index contributed by atoms with van der Waals surface area (Å²) < 4.78 is 11.8. The standard InChI is InChI=1S/C29H39N3O4/c1-2-31-15-9-4-10-16-32(28(33)22-30-17-19-35-20-18-30)25(21-24-11-5-3-6-12-24)23-36-27-14-8-7-13-26(27)29(31)34/h3,5-8,11-14,25H,2,4,9-10,15-23H2,1H3/t25-/m0/s1. The lowest BCUT2D eigenvalue weighted by atomic mass is 10.0. The van der Waals surface area contributed by atoms with Gasteiger partial charge in [0.05, 0.1) is 31.4 Å². The molecule has 0 aromatic heterocycles. The largest absolute Gasteiger partial charge is 0.491 e. The van der Waals surface area contributed by atoms with Gasteiger partial charge in [-0.1, -0.05) is 42.5 Å². The van der Waals surface area contributed by atoms with Gasteiger partial charge in [-0.05, 0) is 50.3 Å². The summed E-state index contributed by atoms with van der Waals surface area (Å²) in [4.78, 5) is 33.1. The molecule has 2 amide bonds. The van der Waals surface area contributed by atoms with Gasteiger partial charge in [0, 0.05) is 32.7 Å². The van der Waals surface area contributed by atoms with Crippen molar-refractivity contribution < 1.29 is 19.1 Å². The minimum atomic E-state index is -0.132. The summed E-state index contributed by atoms with van der Waals surface area (Å²) >= 11 is 0. The van der Waals surface area contributed by atoms with Crippen LogP contribution in [0.4, 0.5) is 0 Å². The Bertz CT molecular complexity index is 977. The van der Waals surface area contributed by atoms with E-state index in [0.717, 1.165) is 32.4 Å². The third kappa shape index (κ3) is 7.08. The zero-order chi connectivity index (χ0) is 25.2. The van der Waals surface area contributed by atoms with Gasteiger partial charge < -0.3 is 19.3 Å². The molecule has 2 aromatic carbocycles. The molecule has 2 aliphatic heterocycles. The first-order chi connectivity index (χ1) is 17.7. The number of fused-ring (bicyclic) bond motifs is 1. The molecule has 4 rings (SSSR count). The molecule has 7 nitrogen and oxygen atoms in total. The maximum Gasteiger partial charge on any atom is 0.257 e. The maximum absolute atomic E-state index is 13.7. The number of amides is 2. The number of benzene rings is 2. The molecule has 1 saturated heterocycles. The van der Waals surface area contributed by atoms with Crippen LogP contribution in [0.3, 0.4) is 0 Å². The lowest BCUT2D eigenvalue weighted by Crippen LogP contribution is -2.50. The topological polar surface area (TPSA) is 62.3 Å². The highest BCUT2D eigenvalue weighted by molar-refractivity contribution is 5.96. The Morgan fingerprint density at radius 3 is 2.42 bits per heavy atom. The van der Waals surface area contributed by atoms with Crippen LogP contribution in [0.1, 0.15) is 42.1 Å². The van der Waals surface area contributed by atoms with Crippen molar-refractivity contribution in [1.82, 2.24) is 14.7 Å². The van der Waals surface area contributed by atoms with E-state index in [9.17, 15) is 9.59 Å². The van der Waals surface area contributed by atoms with E-state index in [0.29, 0.717) is 63.7 Å². The Hall–Kier alpha value is -2.90. The minimum absolute atomic E-state index is 0.00667. The van der Waals surface area contributed by atoms with Crippen molar-refractivity contribution in [3.8, 4) is 5.75 Å². The van der Waals surface area contributed by atoms with E-state index in [1.165, 1.54) is 5.56 Å². The van der Waals surface area contributed by atoms with Crippen LogP contribution in [0.2, 0.25) is 0 Å². The van der Waals surface area contributed by atoms with Crippen molar-refractivity contribution in [3.05, 3.63) is 65.7 Å². The molecule has 7 heteroatoms. The van der Waals surface area contributed by atoms with Crippen molar-refractivity contribution in [2.45, 2.75) is 38.6 Å². The first kappa shape index (κ1) is 26.2. The maximum atomic E-state index is 13.7. The van der Waals surface area contributed by atoms with Crippen LogP contribution in [0, 0.1) is 0 Å². The van der Waals surface area contributed by atoms with Crippen molar-refractivity contribution in [1.29, 1.82) is 0 Å². The number of rotatable bonds is 5. The van der Waals surface area contributed by atoms with Crippen LogP contribution in [0.25, 0.3) is 0 Å². The molecule has 194 valence electrons. The van der Waals surface area contributed by atoms with Gasteiger partial charge in [0.25, 0.3) is 5.91 Å². The molecule has 2 aliphatic rings. The van der Waals surface area contributed by atoms with Crippen molar-refractivity contribution in [3.63, 3.8) is 0 Å². The van der Waals surface area contributed by atoms with Crippen molar-refractivity contribution >= 4 is 11.8 Å². The molecular formula is C29H39N3O4. The molecule has 0 spiro atoms. The third-order valence-corrected chi connectivity index (χ3v) is 7.08. The van der Waals surface area contributed by atoms with Gasteiger partial charge in [0.15, 0.2) is 0 Å². The van der Waals surface area contributed by atoms with Crippen LogP contribution in [-0.4, -0.2) is 91.6 Å². The Morgan fingerprint density at radius 1 is 0.917 bits per heavy atom. The zero-order valence-corrected chi connectivity index (χ0v) is 21.4. The molecule has 36 heavy (non-hydrogen) atoms. The monoisotopic (exact) mass is 493 g/mol. The first-order valence-electron chi connectivity index (χ1n) is 13.3. The van der Waals surface area contributed by atoms with Gasteiger partial charge in [-0.2, -0.15) is 0 Å². The molecule has 0 unspecified atom stereocenters. The molecule has 0 aliphatic carbocycles. The normalized spacial score (nSPS) is 20.5. The average Bonchev–Trinajstić information content (AvgIpc) is 2.92. The predicted molar refractivity (Wildman–Crippen MR) is 140 cm³/mol. The highest BCUT2D eigenvalue weighted by Crippen LogP contribution is 2.23. The number of nitrogens with zero attached hydrogens (tertiary/aromatic N) is 3. The van der Waals surface area contributed by atoms with Crippen LogP contribution >= 0.6 is 0 Å². The summed E-state index contributed by atoms with van der Waals surface area (Å²) in [6.07, 6.45) is 3.48. The number of ether oxygens (including phenoxy) is 2. The lowest BCUT2D eigenvalue weighted by Gasteiger charge is -2.35. The SMILES string of the molecule is CCN1CCCCCN(C(=O)CN2CCOCC2)[C@@H](Cc2ccccc2)COc2ccccc2C1=O.